The summed E-state index contributed by atoms with van der Waals surface area (Å²) in [6.07, 6.45) is 6.05. The average Bonchev–Trinajstić information content (AvgIpc) is 3.36. The molecule has 2 N–H and O–H groups in total. The summed E-state index contributed by atoms with van der Waals surface area (Å²) in [6.45, 7) is 1.97. The fourth-order valence-electron chi connectivity index (χ4n) is 4.12. The summed E-state index contributed by atoms with van der Waals surface area (Å²) in [4.78, 5) is 16.3. The second-order valence-electron chi connectivity index (χ2n) is 7.50. The molecule has 4 heterocycles. The van der Waals surface area contributed by atoms with E-state index >= 15 is 0 Å². The molecule has 3 atom stereocenters. The highest BCUT2D eigenvalue weighted by atomic mass is 32.2. The minimum absolute atomic E-state index is 0.130. The van der Waals surface area contributed by atoms with Gasteiger partial charge in [0.1, 0.15) is 12.1 Å². The van der Waals surface area contributed by atoms with Crippen LogP contribution in [0.1, 0.15) is 36.2 Å². The van der Waals surface area contributed by atoms with Crippen LogP contribution >= 0.6 is 11.8 Å². The van der Waals surface area contributed by atoms with Gasteiger partial charge in [0.05, 0.1) is 12.8 Å². The van der Waals surface area contributed by atoms with Gasteiger partial charge in [0.2, 0.25) is 5.95 Å². The minimum atomic E-state index is -0.382. The van der Waals surface area contributed by atoms with Crippen LogP contribution in [0.25, 0.3) is 0 Å². The van der Waals surface area contributed by atoms with Crippen molar-refractivity contribution in [2.24, 2.45) is 4.99 Å². The van der Waals surface area contributed by atoms with Crippen molar-refractivity contribution in [3.8, 4) is 5.75 Å². The van der Waals surface area contributed by atoms with Crippen LogP contribution in [0, 0.1) is 5.82 Å². The topological polar surface area (TPSA) is 74.7 Å². The Morgan fingerprint density at radius 3 is 3.10 bits per heavy atom. The molecule has 2 unspecified atom stereocenters. The van der Waals surface area contributed by atoms with Gasteiger partial charge in [-0.15, -0.1) is 0 Å². The monoisotopic (exact) mass is 426 g/mol. The van der Waals surface area contributed by atoms with Crippen LogP contribution < -0.4 is 15.4 Å². The number of fused-ring (bicyclic) bond motifs is 1. The molecule has 1 saturated heterocycles. The molecule has 3 aliphatic rings. The van der Waals surface area contributed by atoms with E-state index in [0.717, 1.165) is 42.4 Å². The van der Waals surface area contributed by atoms with E-state index in [1.54, 1.807) is 30.1 Å². The molecule has 1 fully saturated rings. The Kier molecular flexibility index (Phi) is 5.30. The van der Waals surface area contributed by atoms with Gasteiger partial charge < -0.3 is 20.3 Å². The van der Waals surface area contributed by atoms with Crippen LogP contribution in [0.15, 0.2) is 47.1 Å². The van der Waals surface area contributed by atoms with Crippen molar-refractivity contribution < 1.29 is 9.13 Å². The van der Waals surface area contributed by atoms with Crippen molar-refractivity contribution in [1.29, 1.82) is 0 Å². The lowest BCUT2D eigenvalue weighted by Gasteiger charge is -2.26. The number of nitrogens with zero attached hydrogens (tertiary/aromatic N) is 4. The first-order valence-corrected chi connectivity index (χ1v) is 10.9. The summed E-state index contributed by atoms with van der Waals surface area (Å²) in [5, 5.41) is 9.78. The Morgan fingerprint density at radius 1 is 1.33 bits per heavy atom. The molecule has 1 aromatic carbocycles. The van der Waals surface area contributed by atoms with E-state index in [2.05, 4.69) is 20.5 Å². The third-order valence-electron chi connectivity index (χ3n) is 5.59. The van der Waals surface area contributed by atoms with E-state index in [4.69, 9.17) is 14.7 Å². The van der Waals surface area contributed by atoms with Crippen molar-refractivity contribution in [3.63, 3.8) is 0 Å². The van der Waals surface area contributed by atoms with E-state index in [9.17, 15) is 4.39 Å². The zero-order valence-corrected chi connectivity index (χ0v) is 17.4. The molecule has 1 aromatic heterocycles. The fraction of sp³-hybridized carbons (Fsp3) is 0.381. The molecular weight excluding hydrogens is 403 g/mol. The van der Waals surface area contributed by atoms with Crippen molar-refractivity contribution in [1.82, 2.24) is 20.2 Å². The number of thioether (sulfide) groups is 1. The van der Waals surface area contributed by atoms with Crippen LogP contribution in [0.4, 0.5) is 10.3 Å². The van der Waals surface area contributed by atoms with Crippen LogP contribution in [0.5, 0.6) is 5.75 Å². The van der Waals surface area contributed by atoms with E-state index in [-0.39, 0.29) is 23.7 Å². The molecule has 0 amide bonds. The number of aromatic nitrogens is 2. The summed E-state index contributed by atoms with van der Waals surface area (Å²) in [6, 6.07) is 6.83. The maximum absolute atomic E-state index is 14.0. The summed E-state index contributed by atoms with van der Waals surface area (Å²) in [5.74, 6) is 0.463. The van der Waals surface area contributed by atoms with Gasteiger partial charge in [0.15, 0.2) is 16.7 Å². The summed E-state index contributed by atoms with van der Waals surface area (Å²) in [5.41, 5.74) is 1.76. The Hall–Kier alpha value is -2.65. The second-order valence-corrected chi connectivity index (χ2v) is 8.37. The van der Waals surface area contributed by atoms with Gasteiger partial charge in [0.25, 0.3) is 0 Å². The normalized spacial score (nSPS) is 25.2. The fourth-order valence-corrected chi connectivity index (χ4v) is 4.90. The predicted octanol–water partition coefficient (Wildman–Crippen LogP) is 3.46. The van der Waals surface area contributed by atoms with E-state index in [1.165, 1.54) is 13.2 Å². The molecule has 2 aromatic rings. The third kappa shape index (κ3) is 3.63. The first-order chi connectivity index (χ1) is 14.7. The highest BCUT2D eigenvalue weighted by molar-refractivity contribution is 8.16. The Balaban J connectivity index is 1.46. The Bertz CT molecular complexity index is 993. The zero-order chi connectivity index (χ0) is 20.5. The van der Waals surface area contributed by atoms with Gasteiger partial charge in [-0.05, 0) is 48.6 Å². The largest absolute Gasteiger partial charge is 0.494 e. The second kappa shape index (κ2) is 8.23. The number of nitrogens with one attached hydrogen (secondary N) is 2. The first kappa shape index (κ1) is 19.3. The lowest BCUT2D eigenvalue weighted by Crippen LogP contribution is -2.39. The molecule has 3 aliphatic heterocycles. The van der Waals surface area contributed by atoms with Crippen molar-refractivity contribution >= 4 is 22.9 Å². The van der Waals surface area contributed by atoms with Crippen molar-refractivity contribution in [3.05, 3.63) is 59.1 Å². The average molecular weight is 427 g/mol. The van der Waals surface area contributed by atoms with Gasteiger partial charge in [-0.25, -0.2) is 14.4 Å². The quantitative estimate of drug-likeness (QED) is 0.758. The number of ether oxygens (including phenoxy) is 1. The third-order valence-corrected chi connectivity index (χ3v) is 6.38. The van der Waals surface area contributed by atoms with E-state index in [0.29, 0.717) is 12.0 Å². The number of anilines is 1. The van der Waals surface area contributed by atoms with Crippen molar-refractivity contribution in [2.45, 2.75) is 31.0 Å². The van der Waals surface area contributed by atoms with E-state index < -0.39 is 0 Å². The molecule has 0 spiro atoms. The highest BCUT2D eigenvalue weighted by Crippen LogP contribution is 2.46. The summed E-state index contributed by atoms with van der Waals surface area (Å²) < 4.78 is 19.1. The predicted molar refractivity (Wildman–Crippen MR) is 116 cm³/mol. The summed E-state index contributed by atoms with van der Waals surface area (Å²) >= 11 is 1.58. The smallest absolute Gasteiger partial charge is 0.223 e. The molecule has 9 heteroatoms. The number of benzene rings is 1. The van der Waals surface area contributed by atoms with Crippen molar-refractivity contribution in [2.75, 3.05) is 25.5 Å². The minimum Gasteiger partial charge on any atom is -0.494 e. The highest BCUT2D eigenvalue weighted by Gasteiger charge is 2.40. The number of halogens is 1. The maximum Gasteiger partial charge on any atom is 0.223 e. The molecule has 7 nitrogen and oxygen atoms in total. The van der Waals surface area contributed by atoms with Gasteiger partial charge in [-0.1, -0.05) is 17.8 Å². The SMILES string of the molecule is COc1cc(C2N=C3SC=CN3C2c2ccnc(N[C@@H]3CCCNC3)n2)ccc1F. The van der Waals surface area contributed by atoms with Gasteiger partial charge >= 0.3 is 0 Å². The molecule has 0 radical (unpaired) electrons. The lowest BCUT2D eigenvalue weighted by molar-refractivity contribution is 0.377. The van der Waals surface area contributed by atoms with Crippen LogP contribution in [-0.4, -0.2) is 46.3 Å². The van der Waals surface area contributed by atoms with Gasteiger partial charge in [-0.3, -0.25) is 4.99 Å². The molecule has 30 heavy (non-hydrogen) atoms. The number of rotatable bonds is 5. The number of piperidine rings is 1. The number of amidine groups is 1. The number of hydrogen-bond acceptors (Lipinski definition) is 8. The number of hydrogen-bond donors (Lipinski definition) is 2. The zero-order valence-electron chi connectivity index (χ0n) is 16.6. The first-order valence-electron chi connectivity index (χ1n) is 10.1. The molecule has 0 aliphatic carbocycles. The molecule has 156 valence electrons. The number of methoxy groups -OCH3 is 1. The Morgan fingerprint density at radius 2 is 2.27 bits per heavy atom. The molecule has 5 rings (SSSR count). The van der Waals surface area contributed by atoms with Gasteiger partial charge in [-0.2, -0.15) is 0 Å². The Labute approximate surface area is 178 Å². The standard InChI is InChI=1S/C21H23FN6OS/c1-29-17-11-13(4-5-15(17)22)18-19(28-9-10-30-21(28)27-18)16-6-8-24-20(26-16)25-14-3-2-7-23-12-14/h4-6,8-11,14,18-19,23H,2-3,7,12H2,1H3,(H,24,25,26)/t14-,18?,19?/m1/s1. The lowest BCUT2D eigenvalue weighted by atomic mass is 9.97. The number of aliphatic imine (C=N–C) groups is 1. The molecular formula is C21H23FN6OS. The maximum atomic E-state index is 14.0. The van der Waals surface area contributed by atoms with Crippen LogP contribution in [-0.2, 0) is 0 Å². The van der Waals surface area contributed by atoms with E-state index in [1.807, 2.05) is 17.7 Å². The van der Waals surface area contributed by atoms with Gasteiger partial charge in [0, 0.05) is 25.0 Å². The molecule has 0 saturated carbocycles. The van der Waals surface area contributed by atoms with Crippen LogP contribution in [0.3, 0.4) is 0 Å². The molecule has 0 bridgehead atoms. The van der Waals surface area contributed by atoms with Crippen LogP contribution in [0.2, 0.25) is 0 Å². The summed E-state index contributed by atoms with van der Waals surface area (Å²) in [7, 11) is 1.47.